The average Bonchev–Trinajstić information content (AvgIpc) is 2.03. The fourth-order valence-corrected chi connectivity index (χ4v) is 0.921. The van der Waals surface area contributed by atoms with Gasteiger partial charge >= 0.3 is 0 Å². The van der Waals surface area contributed by atoms with Crippen LogP contribution < -0.4 is 0 Å². The maximum Gasteiger partial charge on any atom is 0.115 e. The summed E-state index contributed by atoms with van der Waals surface area (Å²) in [6.45, 7) is 9.04. The summed E-state index contributed by atoms with van der Waals surface area (Å²) >= 11 is 0. The van der Waals surface area contributed by atoms with Gasteiger partial charge in [0.25, 0.3) is 0 Å². The number of aromatic nitrogens is 2. The maximum atomic E-state index is 4.80. The minimum atomic E-state index is 0.676. The van der Waals surface area contributed by atoms with Crippen LogP contribution in [0.4, 0.5) is 0 Å². The Morgan fingerprint density at radius 3 is 1.86 bits per heavy atom. The molecule has 0 aliphatic heterocycles. The summed E-state index contributed by atoms with van der Waals surface area (Å²) in [5.74, 6) is 0.676. The SMILES string of the molecule is COCC(C)C.Cc1cc(C)ncn1. The monoisotopic (exact) mass is 196 g/mol. The molecule has 0 aliphatic carbocycles. The van der Waals surface area contributed by atoms with Crippen LogP contribution in [0, 0.1) is 19.8 Å². The summed E-state index contributed by atoms with van der Waals surface area (Å²) in [5.41, 5.74) is 2.05. The lowest BCUT2D eigenvalue weighted by Gasteiger charge is -1.97. The molecule has 14 heavy (non-hydrogen) atoms. The van der Waals surface area contributed by atoms with E-state index < -0.39 is 0 Å². The van der Waals surface area contributed by atoms with Gasteiger partial charge in [-0.15, -0.1) is 0 Å². The fourth-order valence-electron chi connectivity index (χ4n) is 0.921. The lowest BCUT2D eigenvalue weighted by Crippen LogP contribution is -1.96. The molecule has 0 aromatic carbocycles. The molecule has 3 nitrogen and oxygen atoms in total. The van der Waals surface area contributed by atoms with E-state index in [1.807, 2.05) is 19.9 Å². The van der Waals surface area contributed by atoms with Crippen molar-refractivity contribution in [3.8, 4) is 0 Å². The van der Waals surface area contributed by atoms with Gasteiger partial charge in [-0.25, -0.2) is 9.97 Å². The molecule has 1 aromatic heterocycles. The number of hydrogen-bond acceptors (Lipinski definition) is 3. The summed E-state index contributed by atoms with van der Waals surface area (Å²) in [5, 5.41) is 0. The fraction of sp³-hybridized carbons (Fsp3) is 0.636. The second kappa shape index (κ2) is 7.44. The van der Waals surface area contributed by atoms with Crippen molar-refractivity contribution in [2.45, 2.75) is 27.7 Å². The zero-order chi connectivity index (χ0) is 11.0. The Morgan fingerprint density at radius 1 is 1.21 bits per heavy atom. The molecular weight excluding hydrogens is 176 g/mol. The Morgan fingerprint density at radius 2 is 1.71 bits per heavy atom. The van der Waals surface area contributed by atoms with Gasteiger partial charge in [-0.05, 0) is 25.8 Å². The number of methoxy groups -OCH3 is 1. The summed E-state index contributed by atoms with van der Waals surface area (Å²) in [4.78, 5) is 7.86. The molecule has 0 amide bonds. The third-order valence-corrected chi connectivity index (χ3v) is 1.44. The van der Waals surface area contributed by atoms with E-state index in [9.17, 15) is 0 Å². The molecule has 0 bridgehead atoms. The van der Waals surface area contributed by atoms with Crippen LogP contribution in [0.1, 0.15) is 25.2 Å². The summed E-state index contributed by atoms with van der Waals surface area (Å²) in [7, 11) is 1.72. The minimum absolute atomic E-state index is 0.676. The van der Waals surface area contributed by atoms with Crippen molar-refractivity contribution in [2.24, 2.45) is 5.92 Å². The zero-order valence-electron chi connectivity index (χ0n) is 9.74. The Labute approximate surface area is 86.5 Å². The Balaban J connectivity index is 0.000000255. The van der Waals surface area contributed by atoms with Crippen LogP contribution in [0.5, 0.6) is 0 Å². The van der Waals surface area contributed by atoms with Gasteiger partial charge in [0.1, 0.15) is 6.33 Å². The second-order valence-electron chi connectivity index (χ2n) is 3.65. The molecule has 0 aliphatic rings. The van der Waals surface area contributed by atoms with Crippen LogP contribution in [0.3, 0.4) is 0 Å². The molecule has 3 heteroatoms. The smallest absolute Gasteiger partial charge is 0.115 e. The van der Waals surface area contributed by atoms with Crippen LogP contribution in [0.2, 0.25) is 0 Å². The molecule has 0 saturated heterocycles. The Hall–Kier alpha value is -0.960. The van der Waals surface area contributed by atoms with E-state index in [0.717, 1.165) is 18.0 Å². The largest absolute Gasteiger partial charge is 0.384 e. The molecule has 80 valence electrons. The quantitative estimate of drug-likeness (QED) is 0.728. The molecule has 0 fully saturated rings. The van der Waals surface area contributed by atoms with E-state index in [1.54, 1.807) is 13.4 Å². The molecule has 0 spiro atoms. The van der Waals surface area contributed by atoms with Crippen molar-refractivity contribution in [1.82, 2.24) is 9.97 Å². The average molecular weight is 196 g/mol. The first kappa shape index (κ1) is 13.0. The first-order valence-corrected chi connectivity index (χ1v) is 4.80. The molecule has 1 rings (SSSR count). The topological polar surface area (TPSA) is 35.0 Å². The maximum absolute atomic E-state index is 4.80. The van der Waals surface area contributed by atoms with Gasteiger partial charge < -0.3 is 4.74 Å². The van der Waals surface area contributed by atoms with Gasteiger partial charge in [0, 0.05) is 25.1 Å². The lowest BCUT2D eigenvalue weighted by molar-refractivity contribution is 0.167. The Bertz CT molecular complexity index is 232. The number of aryl methyl sites for hydroxylation is 2. The summed E-state index contributed by atoms with van der Waals surface area (Å²) in [6.07, 6.45) is 1.57. The van der Waals surface area contributed by atoms with Crippen LogP contribution in [-0.2, 0) is 4.74 Å². The van der Waals surface area contributed by atoms with Gasteiger partial charge in [-0.1, -0.05) is 13.8 Å². The summed E-state index contributed by atoms with van der Waals surface area (Å²) < 4.78 is 4.80. The number of ether oxygens (including phenoxy) is 1. The molecule has 1 heterocycles. The Kier molecular flexibility index (Phi) is 6.93. The number of hydrogen-bond donors (Lipinski definition) is 0. The highest BCUT2D eigenvalue weighted by atomic mass is 16.5. The van der Waals surface area contributed by atoms with Crippen molar-refractivity contribution in [1.29, 1.82) is 0 Å². The normalized spacial score (nSPS) is 9.57. The first-order valence-electron chi connectivity index (χ1n) is 4.80. The third kappa shape index (κ3) is 7.68. The van der Waals surface area contributed by atoms with E-state index in [-0.39, 0.29) is 0 Å². The molecule has 0 radical (unpaired) electrons. The molecule has 0 atom stereocenters. The highest BCUT2D eigenvalue weighted by molar-refractivity contribution is 5.03. The van der Waals surface area contributed by atoms with Crippen molar-refractivity contribution >= 4 is 0 Å². The highest BCUT2D eigenvalue weighted by Crippen LogP contribution is 1.91. The highest BCUT2D eigenvalue weighted by Gasteiger charge is 1.85. The van der Waals surface area contributed by atoms with Gasteiger partial charge in [0.2, 0.25) is 0 Å². The van der Waals surface area contributed by atoms with Gasteiger partial charge in [-0.3, -0.25) is 0 Å². The van der Waals surface area contributed by atoms with Crippen LogP contribution in [0.25, 0.3) is 0 Å². The van der Waals surface area contributed by atoms with Crippen LogP contribution in [-0.4, -0.2) is 23.7 Å². The second-order valence-corrected chi connectivity index (χ2v) is 3.65. The van der Waals surface area contributed by atoms with Crippen LogP contribution in [0.15, 0.2) is 12.4 Å². The van der Waals surface area contributed by atoms with Crippen molar-refractivity contribution in [2.75, 3.05) is 13.7 Å². The number of nitrogens with zero attached hydrogens (tertiary/aromatic N) is 2. The van der Waals surface area contributed by atoms with Crippen molar-refractivity contribution in [3.05, 3.63) is 23.8 Å². The molecule has 0 unspecified atom stereocenters. The summed E-state index contributed by atoms with van der Waals surface area (Å²) in [6, 6.07) is 1.94. The van der Waals surface area contributed by atoms with E-state index in [1.165, 1.54) is 0 Å². The predicted molar refractivity (Wildman–Crippen MR) is 58.2 cm³/mol. The van der Waals surface area contributed by atoms with Gasteiger partial charge in [0.05, 0.1) is 0 Å². The molecule has 0 N–H and O–H groups in total. The van der Waals surface area contributed by atoms with Crippen LogP contribution >= 0.6 is 0 Å². The molecule has 1 aromatic rings. The third-order valence-electron chi connectivity index (χ3n) is 1.44. The number of rotatable bonds is 2. The molecular formula is C11H20N2O. The first-order chi connectivity index (χ1) is 6.56. The molecule has 0 saturated carbocycles. The van der Waals surface area contributed by atoms with E-state index >= 15 is 0 Å². The van der Waals surface area contributed by atoms with Gasteiger partial charge in [-0.2, -0.15) is 0 Å². The standard InChI is InChI=1S/C6H8N2.C5H12O/c1-5-3-6(2)8-4-7-5;1-5(2)4-6-3/h3-4H,1-2H3;5H,4H2,1-3H3. The van der Waals surface area contributed by atoms with E-state index in [4.69, 9.17) is 4.74 Å². The van der Waals surface area contributed by atoms with E-state index in [2.05, 4.69) is 23.8 Å². The van der Waals surface area contributed by atoms with Gasteiger partial charge in [0.15, 0.2) is 0 Å². The predicted octanol–water partition coefficient (Wildman–Crippen LogP) is 2.38. The van der Waals surface area contributed by atoms with Crippen molar-refractivity contribution < 1.29 is 4.74 Å². The minimum Gasteiger partial charge on any atom is -0.384 e. The van der Waals surface area contributed by atoms with Crippen molar-refractivity contribution in [3.63, 3.8) is 0 Å². The van der Waals surface area contributed by atoms with E-state index in [0.29, 0.717) is 5.92 Å². The lowest BCUT2D eigenvalue weighted by atomic mass is 10.2. The zero-order valence-corrected chi connectivity index (χ0v) is 9.74.